The Morgan fingerprint density at radius 3 is 3.11 bits per heavy atom. The second kappa shape index (κ2) is 5.35. The molecule has 1 aliphatic heterocycles. The van der Waals surface area contributed by atoms with Crippen LogP contribution in [0.15, 0.2) is 22.8 Å². The normalized spacial score (nSPS) is 15.3. The first-order valence-corrected chi connectivity index (χ1v) is 6.57. The largest absolute Gasteiger partial charge is 0.468 e. The van der Waals surface area contributed by atoms with E-state index in [1.165, 1.54) is 19.3 Å². The van der Waals surface area contributed by atoms with Crippen LogP contribution in [-0.4, -0.2) is 14.8 Å². The van der Waals surface area contributed by atoms with Crippen LogP contribution in [0.1, 0.15) is 36.7 Å². The summed E-state index contributed by atoms with van der Waals surface area (Å²) in [7, 11) is 0. The fourth-order valence-electron chi connectivity index (χ4n) is 2.39. The zero-order valence-corrected chi connectivity index (χ0v) is 10.4. The van der Waals surface area contributed by atoms with Gasteiger partial charge in [-0.15, -0.1) is 10.2 Å². The predicted octanol–water partition coefficient (Wildman–Crippen LogP) is 1.89. The summed E-state index contributed by atoms with van der Waals surface area (Å²) in [6, 6.07) is 3.87. The van der Waals surface area contributed by atoms with Gasteiger partial charge in [-0.2, -0.15) is 0 Å². The zero-order valence-electron chi connectivity index (χ0n) is 10.4. The number of fused-ring (bicyclic) bond motifs is 1. The van der Waals surface area contributed by atoms with Gasteiger partial charge in [0.2, 0.25) is 0 Å². The molecule has 0 spiro atoms. The van der Waals surface area contributed by atoms with Gasteiger partial charge in [0.05, 0.1) is 19.4 Å². The molecule has 0 atom stereocenters. The van der Waals surface area contributed by atoms with E-state index in [1.54, 1.807) is 6.26 Å². The molecule has 96 valence electrons. The molecular formula is C13H18N4O. The van der Waals surface area contributed by atoms with Crippen LogP contribution in [0.25, 0.3) is 0 Å². The highest BCUT2D eigenvalue weighted by Gasteiger charge is 2.13. The molecule has 2 aromatic rings. The van der Waals surface area contributed by atoms with Crippen LogP contribution >= 0.6 is 0 Å². The van der Waals surface area contributed by atoms with Gasteiger partial charge in [0.1, 0.15) is 17.4 Å². The number of aromatic nitrogens is 3. The van der Waals surface area contributed by atoms with E-state index in [0.717, 1.165) is 43.5 Å². The summed E-state index contributed by atoms with van der Waals surface area (Å²) >= 11 is 0. The van der Waals surface area contributed by atoms with E-state index < -0.39 is 0 Å². The summed E-state index contributed by atoms with van der Waals surface area (Å²) in [6.07, 6.45) is 6.52. The number of furan rings is 1. The van der Waals surface area contributed by atoms with Gasteiger partial charge in [0.15, 0.2) is 0 Å². The molecule has 0 saturated heterocycles. The maximum Gasteiger partial charge on any atom is 0.147 e. The average molecular weight is 246 g/mol. The first-order valence-electron chi connectivity index (χ1n) is 6.57. The van der Waals surface area contributed by atoms with Crippen LogP contribution in [0, 0.1) is 0 Å². The summed E-state index contributed by atoms with van der Waals surface area (Å²) in [5, 5.41) is 11.9. The van der Waals surface area contributed by atoms with Crippen molar-refractivity contribution in [2.45, 2.75) is 45.3 Å². The van der Waals surface area contributed by atoms with Gasteiger partial charge >= 0.3 is 0 Å². The van der Waals surface area contributed by atoms with E-state index in [9.17, 15) is 0 Å². The Kier molecular flexibility index (Phi) is 3.41. The Morgan fingerprint density at radius 1 is 1.22 bits per heavy atom. The lowest BCUT2D eigenvalue weighted by Gasteiger charge is -2.07. The molecule has 0 aliphatic carbocycles. The standard InChI is InChI=1S/C13H18N4O/c1-2-6-12-15-16-13(17(12)7-3-1)10-14-9-11-5-4-8-18-11/h4-5,8,14H,1-3,6-7,9-10H2. The Labute approximate surface area is 106 Å². The third-order valence-electron chi connectivity index (χ3n) is 3.35. The maximum absolute atomic E-state index is 5.28. The van der Waals surface area contributed by atoms with E-state index in [4.69, 9.17) is 4.42 Å². The fourth-order valence-corrected chi connectivity index (χ4v) is 2.39. The molecule has 2 aromatic heterocycles. The molecule has 0 amide bonds. The van der Waals surface area contributed by atoms with Crippen molar-refractivity contribution in [3.63, 3.8) is 0 Å². The molecule has 0 radical (unpaired) electrons. The Balaban J connectivity index is 1.61. The smallest absolute Gasteiger partial charge is 0.147 e. The summed E-state index contributed by atoms with van der Waals surface area (Å²) in [6.45, 7) is 2.53. The lowest BCUT2D eigenvalue weighted by Crippen LogP contribution is -2.17. The van der Waals surface area contributed by atoms with Crippen molar-refractivity contribution >= 4 is 0 Å². The van der Waals surface area contributed by atoms with Crippen molar-refractivity contribution in [2.75, 3.05) is 0 Å². The van der Waals surface area contributed by atoms with Gasteiger partial charge in [-0.05, 0) is 25.0 Å². The van der Waals surface area contributed by atoms with Gasteiger partial charge < -0.3 is 14.3 Å². The van der Waals surface area contributed by atoms with Gasteiger partial charge in [0, 0.05) is 13.0 Å². The molecule has 1 N–H and O–H groups in total. The minimum absolute atomic E-state index is 0.731. The molecule has 0 bridgehead atoms. The monoisotopic (exact) mass is 246 g/mol. The second-order valence-electron chi connectivity index (χ2n) is 4.68. The van der Waals surface area contributed by atoms with E-state index in [1.807, 2.05) is 12.1 Å². The first-order chi connectivity index (χ1) is 8.93. The van der Waals surface area contributed by atoms with Crippen LogP contribution in [0.5, 0.6) is 0 Å². The molecule has 5 heteroatoms. The number of aryl methyl sites for hydroxylation is 1. The summed E-state index contributed by atoms with van der Waals surface area (Å²) < 4.78 is 7.55. The van der Waals surface area contributed by atoms with Crippen LogP contribution in [-0.2, 0) is 26.1 Å². The SMILES string of the molecule is c1coc(CNCc2nnc3n2CCCCC3)c1. The van der Waals surface area contributed by atoms with Gasteiger partial charge in [-0.3, -0.25) is 0 Å². The maximum atomic E-state index is 5.28. The highest BCUT2D eigenvalue weighted by Crippen LogP contribution is 2.14. The lowest BCUT2D eigenvalue weighted by molar-refractivity contribution is 0.475. The van der Waals surface area contributed by atoms with Crippen LogP contribution in [0.4, 0.5) is 0 Å². The van der Waals surface area contributed by atoms with Crippen LogP contribution < -0.4 is 5.32 Å². The van der Waals surface area contributed by atoms with Crippen molar-refractivity contribution in [1.29, 1.82) is 0 Å². The first kappa shape index (κ1) is 11.5. The molecule has 0 fully saturated rings. The molecule has 18 heavy (non-hydrogen) atoms. The predicted molar refractivity (Wildman–Crippen MR) is 66.8 cm³/mol. The van der Waals surface area contributed by atoms with Gasteiger partial charge in [0.25, 0.3) is 0 Å². The Bertz CT molecular complexity index is 489. The minimum Gasteiger partial charge on any atom is -0.468 e. The topological polar surface area (TPSA) is 55.9 Å². The fraction of sp³-hybridized carbons (Fsp3) is 0.538. The summed E-state index contributed by atoms with van der Waals surface area (Å²) in [5.41, 5.74) is 0. The molecular weight excluding hydrogens is 228 g/mol. The number of nitrogens with zero attached hydrogens (tertiary/aromatic N) is 3. The van der Waals surface area contributed by atoms with E-state index in [0.29, 0.717) is 0 Å². The van der Waals surface area contributed by atoms with Crippen LogP contribution in [0.2, 0.25) is 0 Å². The number of rotatable bonds is 4. The third-order valence-corrected chi connectivity index (χ3v) is 3.35. The van der Waals surface area contributed by atoms with Crippen molar-refractivity contribution in [3.8, 4) is 0 Å². The molecule has 1 aliphatic rings. The number of hydrogen-bond donors (Lipinski definition) is 1. The molecule has 0 saturated carbocycles. The summed E-state index contributed by atoms with van der Waals surface area (Å²) in [4.78, 5) is 0. The summed E-state index contributed by atoms with van der Waals surface area (Å²) in [5.74, 6) is 3.13. The number of hydrogen-bond acceptors (Lipinski definition) is 4. The average Bonchev–Trinajstić information content (AvgIpc) is 2.96. The molecule has 5 nitrogen and oxygen atoms in total. The third kappa shape index (κ3) is 2.46. The Hall–Kier alpha value is -1.62. The van der Waals surface area contributed by atoms with Crippen molar-refractivity contribution in [2.24, 2.45) is 0 Å². The molecule has 0 aromatic carbocycles. The van der Waals surface area contributed by atoms with Crippen molar-refractivity contribution in [3.05, 3.63) is 35.8 Å². The van der Waals surface area contributed by atoms with Crippen molar-refractivity contribution < 1.29 is 4.42 Å². The van der Waals surface area contributed by atoms with Gasteiger partial charge in [-0.1, -0.05) is 6.42 Å². The highest BCUT2D eigenvalue weighted by atomic mass is 16.3. The van der Waals surface area contributed by atoms with Gasteiger partial charge in [-0.25, -0.2) is 0 Å². The number of nitrogens with one attached hydrogen (secondary N) is 1. The zero-order chi connectivity index (χ0) is 12.2. The molecule has 3 rings (SSSR count). The minimum atomic E-state index is 0.731. The molecule has 3 heterocycles. The molecule has 0 unspecified atom stereocenters. The second-order valence-corrected chi connectivity index (χ2v) is 4.68. The van der Waals surface area contributed by atoms with E-state index >= 15 is 0 Å². The van der Waals surface area contributed by atoms with Crippen LogP contribution in [0.3, 0.4) is 0 Å². The quantitative estimate of drug-likeness (QED) is 0.895. The highest BCUT2D eigenvalue weighted by molar-refractivity contribution is 5.00. The van der Waals surface area contributed by atoms with Crippen molar-refractivity contribution in [1.82, 2.24) is 20.1 Å². The van der Waals surface area contributed by atoms with E-state index in [-0.39, 0.29) is 0 Å². The lowest BCUT2D eigenvalue weighted by atomic mass is 10.2. The Morgan fingerprint density at radius 2 is 2.22 bits per heavy atom. The van der Waals surface area contributed by atoms with E-state index in [2.05, 4.69) is 20.1 Å².